The first-order valence-electron chi connectivity index (χ1n) is 12.5. The number of ether oxygens (including phenoxy) is 2. The average Bonchev–Trinajstić information content (AvgIpc) is 3.43. The fraction of sp³-hybridized carbons (Fsp3) is 0.519. The molecule has 0 aromatic heterocycles. The molecule has 3 heterocycles. The van der Waals surface area contributed by atoms with Crippen LogP contribution in [0.1, 0.15) is 30.9 Å². The summed E-state index contributed by atoms with van der Waals surface area (Å²) in [6.07, 6.45) is -2.49. The number of hydrogen-bond donors (Lipinski definition) is 0. The van der Waals surface area contributed by atoms with Gasteiger partial charge in [-0.25, -0.2) is 0 Å². The minimum absolute atomic E-state index is 0.0199. The maximum absolute atomic E-state index is 13.4. The van der Waals surface area contributed by atoms with Crippen molar-refractivity contribution in [2.75, 3.05) is 60.6 Å². The Labute approximate surface area is 209 Å². The molecule has 0 saturated carbocycles. The molecule has 3 aliphatic rings. The van der Waals surface area contributed by atoms with Gasteiger partial charge in [0.15, 0.2) is 6.29 Å². The second kappa shape index (κ2) is 10.2. The first kappa shape index (κ1) is 24.7. The van der Waals surface area contributed by atoms with Gasteiger partial charge in [-0.15, -0.1) is 0 Å². The number of piperidine rings is 1. The zero-order valence-electron chi connectivity index (χ0n) is 20.4. The van der Waals surface area contributed by atoms with Crippen molar-refractivity contribution in [3.63, 3.8) is 0 Å². The Balaban J connectivity index is 1.20. The molecule has 36 heavy (non-hydrogen) atoms. The minimum Gasteiger partial charge on any atom is -0.372 e. The zero-order chi connectivity index (χ0) is 25.3. The fourth-order valence-corrected chi connectivity index (χ4v) is 5.57. The number of piperazine rings is 1. The number of hydrogen-bond acceptors (Lipinski definition) is 6. The Morgan fingerprint density at radius 1 is 0.861 bits per heavy atom. The molecule has 1 atom stereocenters. The molecule has 3 saturated heterocycles. The lowest BCUT2D eigenvalue weighted by atomic mass is 9.96. The van der Waals surface area contributed by atoms with E-state index in [0.29, 0.717) is 44.5 Å². The van der Waals surface area contributed by atoms with Gasteiger partial charge >= 0.3 is 6.18 Å². The van der Waals surface area contributed by atoms with Gasteiger partial charge in [0.25, 0.3) is 0 Å². The summed E-state index contributed by atoms with van der Waals surface area (Å²) in [5.74, 6) is 0.462. The molecule has 192 valence electrons. The first-order valence-corrected chi connectivity index (χ1v) is 12.5. The average molecular weight is 501 g/mol. The molecule has 6 nitrogen and oxygen atoms in total. The van der Waals surface area contributed by atoms with Crippen molar-refractivity contribution in [1.29, 1.82) is 5.26 Å². The van der Waals surface area contributed by atoms with E-state index in [1.807, 2.05) is 11.8 Å². The highest BCUT2D eigenvalue weighted by atomic mass is 19.4. The Kier molecular flexibility index (Phi) is 7.00. The SMILES string of the molecule is C[C@H]1CN(c2ccc(N3CCC(C4OCCO4)CC3)cc2)CCN1c1ccc(C#N)c(C(F)(F)F)c1. The molecule has 3 fully saturated rings. The molecule has 5 rings (SSSR count). The lowest BCUT2D eigenvalue weighted by molar-refractivity contribution is -0.137. The highest BCUT2D eigenvalue weighted by molar-refractivity contribution is 5.60. The number of nitriles is 1. The Morgan fingerprint density at radius 3 is 2.06 bits per heavy atom. The smallest absolute Gasteiger partial charge is 0.372 e. The van der Waals surface area contributed by atoms with Crippen molar-refractivity contribution in [1.82, 2.24) is 0 Å². The van der Waals surface area contributed by atoms with Gasteiger partial charge in [0.05, 0.1) is 30.4 Å². The van der Waals surface area contributed by atoms with E-state index in [4.69, 9.17) is 14.7 Å². The van der Waals surface area contributed by atoms with E-state index in [1.165, 1.54) is 11.8 Å². The Bertz CT molecular complexity index is 1090. The topological polar surface area (TPSA) is 52.0 Å². The standard InChI is InChI=1S/C27H31F3N4O2/c1-19-18-33(12-13-34(19)24-3-2-21(17-31)25(16-24)27(28,29)30)23-6-4-22(5-7-23)32-10-8-20(9-11-32)26-35-14-15-36-26/h2-7,16,19-20,26H,8-15,18H2,1H3/t19-/m0/s1. The molecule has 0 N–H and O–H groups in total. The number of halogens is 3. The molecule has 0 aliphatic carbocycles. The van der Waals surface area contributed by atoms with E-state index in [1.54, 1.807) is 12.1 Å². The van der Waals surface area contributed by atoms with Crippen LogP contribution in [0.25, 0.3) is 0 Å². The molecule has 0 unspecified atom stereocenters. The number of nitrogens with zero attached hydrogens (tertiary/aromatic N) is 4. The van der Waals surface area contributed by atoms with Crippen molar-refractivity contribution in [2.24, 2.45) is 5.92 Å². The van der Waals surface area contributed by atoms with Gasteiger partial charge in [-0.05, 0) is 62.2 Å². The number of anilines is 3. The molecular weight excluding hydrogens is 469 g/mol. The van der Waals surface area contributed by atoms with Gasteiger partial charge in [-0.1, -0.05) is 0 Å². The highest BCUT2D eigenvalue weighted by Crippen LogP contribution is 2.36. The van der Waals surface area contributed by atoms with E-state index in [0.717, 1.165) is 37.7 Å². The second-order valence-corrected chi connectivity index (χ2v) is 9.78. The molecule has 0 radical (unpaired) electrons. The molecule has 0 amide bonds. The van der Waals surface area contributed by atoms with Crippen LogP contribution in [0.15, 0.2) is 42.5 Å². The van der Waals surface area contributed by atoms with Crippen LogP contribution < -0.4 is 14.7 Å². The van der Waals surface area contributed by atoms with E-state index >= 15 is 0 Å². The molecule has 0 spiro atoms. The third-order valence-electron chi connectivity index (χ3n) is 7.54. The van der Waals surface area contributed by atoms with Crippen molar-refractivity contribution in [3.05, 3.63) is 53.6 Å². The maximum Gasteiger partial charge on any atom is 0.417 e. The summed E-state index contributed by atoms with van der Waals surface area (Å²) < 4.78 is 51.6. The van der Waals surface area contributed by atoms with Crippen LogP contribution in [0.2, 0.25) is 0 Å². The molecule has 2 aromatic carbocycles. The van der Waals surface area contributed by atoms with Gasteiger partial charge in [0, 0.05) is 61.7 Å². The predicted octanol–water partition coefficient (Wildman–Crippen LogP) is 4.88. The van der Waals surface area contributed by atoms with Gasteiger partial charge in [-0.2, -0.15) is 18.4 Å². The summed E-state index contributed by atoms with van der Waals surface area (Å²) in [6.45, 7) is 7.38. The van der Waals surface area contributed by atoms with Gasteiger partial charge in [0.1, 0.15) is 0 Å². The van der Waals surface area contributed by atoms with E-state index in [9.17, 15) is 13.2 Å². The van der Waals surface area contributed by atoms with Gasteiger partial charge in [0.2, 0.25) is 0 Å². The van der Waals surface area contributed by atoms with Crippen LogP contribution in [0, 0.1) is 17.2 Å². The van der Waals surface area contributed by atoms with Crippen molar-refractivity contribution >= 4 is 17.1 Å². The summed E-state index contributed by atoms with van der Waals surface area (Å²) in [5, 5.41) is 9.07. The first-order chi connectivity index (χ1) is 17.3. The summed E-state index contributed by atoms with van der Waals surface area (Å²) in [5.41, 5.74) is 1.60. The lowest BCUT2D eigenvalue weighted by Gasteiger charge is -2.42. The van der Waals surface area contributed by atoms with Crippen LogP contribution in [-0.4, -0.2) is 58.3 Å². The monoisotopic (exact) mass is 500 g/mol. The molecule has 9 heteroatoms. The normalized spacial score (nSPS) is 22.2. The lowest BCUT2D eigenvalue weighted by Crippen LogP contribution is -2.52. The number of rotatable bonds is 4. The third-order valence-corrected chi connectivity index (χ3v) is 7.54. The van der Waals surface area contributed by atoms with Crippen LogP contribution in [-0.2, 0) is 15.7 Å². The van der Waals surface area contributed by atoms with Crippen molar-refractivity contribution < 1.29 is 22.6 Å². The van der Waals surface area contributed by atoms with Crippen molar-refractivity contribution in [2.45, 2.75) is 38.3 Å². The minimum atomic E-state index is -4.55. The largest absolute Gasteiger partial charge is 0.417 e. The maximum atomic E-state index is 13.4. The summed E-state index contributed by atoms with van der Waals surface area (Å²) >= 11 is 0. The highest BCUT2D eigenvalue weighted by Gasteiger charge is 2.35. The Hall–Kier alpha value is -2.96. The van der Waals surface area contributed by atoms with Crippen LogP contribution in [0.4, 0.5) is 30.2 Å². The summed E-state index contributed by atoms with van der Waals surface area (Å²) in [7, 11) is 0. The number of benzene rings is 2. The third kappa shape index (κ3) is 5.11. The molecule has 0 bridgehead atoms. The summed E-state index contributed by atoms with van der Waals surface area (Å²) in [6, 6.07) is 14.2. The van der Waals surface area contributed by atoms with E-state index in [2.05, 4.69) is 34.1 Å². The van der Waals surface area contributed by atoms with Crippen molar-refractivity contribution in [3.8, 4) is 6.07 Å². The fourth-order valence-electron chi connectivity index (χ4n) is 5.57. The van der Waals surface area contributed by atoms with E-state index < -0.39 is 11.7 Å². The zero-order valence-corrected chi connectivity index (χ0v) is 20.4. The van der Waals surface area contributed by atoms with Crippen LogP contribution in [0.3, 0.4) is 0 Å². The van der Waals surface area contributed by atoms with Gasteiger partial charge in [-0.3, -0.25) is 0 Å². The van der Waals surface area contributed by atoms with E-state index in [-0.39, 0.29) is 17.9 Å². The van der Waals surface area contributed by atoms with Crippen LogP contribution in [0.5, 0.6) is 0 Å². The van der Waals surface area contributed by atoms with Gasteiger partial charge < -0.3 is 24.2 Å². The number of alkyl halides is 3. The molecule has 2 aromatic rings. The quantitative estimate of drug-likeness (QED) is 0.597. The Morgan fingerprint density at radius 2 is 1.47 bits per heavy atom. The predicted molar refractivity (Wildman–Crippen MR) is 132 cm³/mol. The molecule has 3 aliphatic heterocycles. The summed E-state index contributed by atoms with van der Waals surface area (Å²) in [4.78, 5) is 6.67. The molecular formula is C27H31F3N4O2. The van der Waals surface area contributed by atoms with Crippen LogP contribution >= 0.6 is 0 Å². The second-order valence-electron chi connectivity index (χ2n) is 9.78.